The summed E-state index contributed by atoms with van der Waals surface area (Å²) in [5.41, 5.74) is 4.19. The summed E-state index contributed by atoms with van der Waals surface area (Å²) in [5, 5.41) is 0. The maximum atomic E-state index is 4.36. The van der Waals surface area contributed by atoms with Crippen LogP contribution in [0.3, 0.4) is 0 Å². The fraction of sp³-hybridized carbons (Fsp3) is 0. The molecule has 0 aliphatic carbocycles. The van der Waals surface area contributed by atoms with Gasteiger partial charge in [0, 0.05) is 6.20 Å². The molecule has 0 amide bonds. The Morgan fingerprint density at radius 3 is 2.09 bits per heavy atom. The van der Waals surface area contributed by atoms with Crippen LogP contribution in [-0.4, -0.2) is 9.97 Å². The summed E-state index contributed by atoms with van der Waals surface area (Å²) < 4.78 is 0. The molecule has 114 valence electrons. The second-order valence-electron chi connectivity index (χ2n) is 4.78. The van der Waals surface area contributed by atoms with E-state index < -0.39 is 0 Å². The van der Waals surface area contributed by atoms with Crippen molar-refractivity contribution in [1.82, 2.24) is 9.97 Å². The molecule has 0 unspecified atom stereocenters. The fourth-order valence-corrected chi connectivity index (χ4v) is 2.15. The van der Waals surface area contributed by atoms with Gasteiger partial charge in [-0.25, -0.2) is 12.1 Å². The summed E-state index contributed by atoms with van der Waals surface area (Å²) in [6, 6.07) is 28.2. The summed E-state index contributed by atoms with van der Waals surface area (Å²) >= 11 is 0. The topological polar surface area (TPSA) is 25.8 Å². The Kier molecular flexibility index (Phi) is 6.49. The molecule has 3 heteroatoms. The van der Waals surface area contributed by atoms with Crippen molar-refractivity contribution in [3.63, 3.8) is 0 Å². The molecule has 2 aromatic carbocycles. The molecule has 2 nitrogen and oxygen atoms in total. The zero-order valence-electron chi connectivity index (χ0n) is 12.5. The normalized spacial score (nSPS) is 9.39. The van der Waals surface area contributed by atoms with E-state index in [0.29, 0.717) is 0 Å². The molecule has 0 bridgehead atoms. The third-order valence-corrected chi connectivity index (χ3v) is 3.24. The molecule has 0 aliphatic rings. The van der Waals surface area contributed by atoms with Crippen molar-refractivity contribution in [2.24, 2.45) is 0 Å². The Morgan fingerprint density at radius 2 is 1.48 bits per heavy atom. The van der Waals surface area contributed by atoms with Gasteiger partial charge in [-0.05, 0) is 18.3 Å². The zero-order chi connectivity index (χ0) is 15.0. The summed E-state index contributed by atoms with van der Waals surface area (Å²) in [5.74, 6) is 0. The van der Waals surface area contributed by atoms with E-state index in [2.05, 4.69) is 28.2 Å². The largest absolute Gasteiger partial charge is 2.00 e. The van der Waals surface area contributed by atoms with Crippen molar-refractivity contribution in [2.75, 3.05) is 0 Å². The van der Waals surface area contributed by atoms with Crippen molar-refractivity contribution in [1.29, 1.82) is 0 Å². The van der Waals surface area contributed by atoms with Crippen LogP contribution >= 0.6 is 0 Å². The van der Waals surface area contributed by atoms with Crippen molar-refractivity contribution in [3.8, 4) is 22.5 Å². The second-order valence-corrected chi connectivity index (χ2v) is 4.78. The zero-order valence-corrected chi connectivity index (χ0v) is 13.6. The van der Waals surface area contributed by atoms with E-state index >= 15 is 0 Å². The molecule has 0 saturated carbocycles. The molecule has 0 spiro atoms. The van der Waals surface area contributed by atoms with Crippen LogP contribution in [0.2, 0.25) is 0 Å². The molecule has 0 saturated heterocycles. The Bertz CT molecular complexity index is 758. The number of aromatic nitrogens is 2. The maximum absolute atomic E-state index is 4.36. The van der Waals surface area contributed by atoms with Crippen molar-refractivity contribution < 1.29 is 17.1 Å². The third-order valence-electron chi connectivity index (χ3n) is 3.24. The number of hydrogen-bond donors (Lipinski definition) is 0. The van der Waals surface area contributed by atoms with Crippen LogP contribution in [0.15, 0.2) is 97.3 Å². The van der Waals surface area contributed by atoms with Crippen LogP contribution in [0.4, 0.5) is 0 Å². The van der Waals surface area contributed by atoms with E-state index in [1.807, 2.05) is 72.9 Å². The molecule has 0 aliphatic heterocycles. The molecule has 4 aromatic rings. The number of nitrogens with zero attached hydrogens (tertiary/aromatic N) is 2. The smallest absolute Gasteiger partial charge is 0.271 e. The Balaban J connectivity index is 0.000000276. The van der Waals surface area contributed by atoms with Gasteiger partial charge in [0.05, 0.1) is 11.4 Å². The molecule has 0 N–H and O–H groups in total. The van der Waals surface area contributed by atoms with E-state index in [1.54, 1.807) is 6.20 Å². The maximum Gasteiger partial charge on any atom is 2.00 e. The molecule has 0 fully saturated rings. The Hall–Kier alpha value is -2.48. The first-order valence-corrected chi connectivity index (χ1v) is 7.20. The average molecular weight is 340 g/mol. The molecular weight excluding hydrogens is 324 g/mol. The average Bonchev–Trinajstić information content (AvgIpc) is 3.32. The van der Waals surface area contributed by atoms with Crippen molar-refractivity contribution >= 4 is 0 Å². The molecule has 2 heterocycles. The van der Waals surface area contributed by atoms with E-state index in [4.69, 9.17) is 0 Å². The van der Waals surface area contributed by atoms with Gasteiger partial charge < -0.3 is 0 Å². The number of hydrogen-bond acceptors (Lipinski definition) is 2. The minimum absolute atomic E-state index is 0. The van der Waals surface area contributed by atoms with Crippen LogP contribution in [0.1, 0.15) is 0 Å². The fourth-order valence-electron chi connectivity index (χ4n) is 2.15. The quantitative estimate of drug-likeness (QED) is 0.382. The van der Waals surface area contributed by atoms with E-state index in [1.165, 1.54) is 11.1 Å². The van der Waals surface area contributed by atoms with E-state index in [9.17, 15) is 0 Å². The standard InChI is InChI=1S/C15H11N2.C5H5.Fe/c1-2-6-12(5-1)13-8-10-17-15(11-13)14-7-3-4-9-16-14;1-2-4-5-3-1;/h1-11H;1-5H;/q2*-1;+2. The molecule has 0 atom stereocenters. The van der Waals surface area contributed by atoms with Crippen LogP contribution < -0.4 is 0 Å². The van der Waals surface area contributed by atoms with Gasteiger partial charge in [-0.2, -0.15) is 30.3 Å². The van der Waals surface area contributed by atoms with Gasteiger partial charge in [0.2, 0.25) is 0 Å². The summed E-state index contributed by atoms with van der Waals surface area (Å²) in [7, 11) is 0. The monoisotopic (exact) mass is 340 g/mol. The minimum atomic E-state index is 0. The molecule has 4 rings (SSSR count). The Morgan fingerprint density at radius 1 is 0.739 bits per heavy atom. The molecule has 0 radical (unpaired) electrons. The van der Waals surface area contributed by atoms with Gasteiger partial charge in [-0.3, -0.25) is 9.97 Å². The van der Waals surface area contributed by atoms with Gasteiger partial charge in [-0.15, -0.1) is 23.8 Å². The first-order chi connectivity index (χ1) is 10.9. The van der Waals surface area contributed by atoms with Crippen molar-refractivity contribution in [2.45, 2.75) is 0 Å². The summed E-state index contributed by atoms with van der Waals surface area (Å²) in [6.45, 7) is 0. The third kappa shape index (κ3) is 4.75. The van der Waals surface area contributed by atoms with E-state index in [-0.39, 0.29) is 17.1 Å². The van der Waals surface area contributed by atoms with Gasteiger partial charge in [-0.1, -0.05) is 17.7 Å². The summed E-state index contributed by atoms with van der Waals surface area (Å²) in [6.07, 6.45) is 3.61. The first-order valence-electron chi connectivity index (χ1n) is 7.20. The second kappa shape index (κ2) is 8.84. The first kappa shape index (κ1) is 16.9. The van der Waals surface area contributed by atoms with Crippen molar-refractivity contribution in [3.05, 3.63) is 97.3 Å². The molecule has 23 heavy (non-hydrogen) atoms. The van der Waals surface area contributed by atoms with Crippen LogP contribution in [0, 0.1) is 0 Å². The predicted molar refractivity (Wildman–Crippen MR) is 90.5 cm³/mol. The number of pyridine rings is 2. The SMILES string of the molecule is [Fe+2].c1cc[cH-]c1.c1ccc(-c2cc(-[c-]3cccc3)ccn2)nc1. The minimum Gasteiger partial charge on any atom is -0.271 e. The molecule has 2 aromatic heterocycles. The van der Waals surface area contributed by atoms with Crippen LogP contribution in [0.5, 0.6) is 0 Å². The van der Waals surface area contributed by atoms with Gasteiger partial charge in [0.25, 0.3) is 0 Å². The summed E-state index contributed by atoms with van der Waals surface area (Å²) in [4.78, 5) is 8.67. The van der Waals surface area contributed by atoms with Gasteiger partial charge in [0.15, 0.2) is 0 Å². The molecular formula is C20H16FeN2. The number of rotatable bonds is 2. The predicted octanol–water partition coefficient (Wildman–Crippen LogP) is 4.93. The van der Waals surface area contributed by atoms with Crippen LogP contribution in [0.25, 0.3) is 22.5 Å². The van der Waals surface area contributed by atoms with E-state index in [0.717, 1.165) is 11.4 Å². The Labute approximate surface area is 147 Å². The van der Waals surface area contributed by atoms with Gasteiger partial charge in [0.1, 0.15) is 0 Å². The van der Waals surface area contributed by atoms with Crippen LogP contribution in [-0.2, 0) is 17.1 Å². The van der Waals surface area contributed by atoms with Gasteiger partial charge >= 0.3 is 17.1 Å².